The van der Waals surface area contributed by atoms with Gasteiger partial charge in [0.2, 0.25) is 0 Å². The van der Waals surface area contributed by atoms with E-state index in [0.717, 1.165) is 16.3 Å². The Hall–Kier alpha value is -3.52. The molecule has 2 unspecified atom stereocenters. The number of nitriles is 1. The average molecular weight is 546 g/mol. The van der Waals surface area contributed by atoms with Gasteiger partial charge in [-0.1, -0.05) is 89.9 Å². The molecule has 4 nitrogen and oxygen atoms in total. The number of fused-ring (bicyclic) bond motifs is 1. The number of para-hydroxylation sites is 1. The molecule has 0 saturated heterocycles. The van der Waals surface area contributed by atoms with E-state index in [-0.39, 0.29) is 6.42 Å². The molecule has 0 N–H and O–H groups in total. The normalized spacial score (nSPS) is 13.8. The van der Waals surface area contributed by atoms with Crippen LogP contribution in [0.1, 0.15) is 43.4 Å². The van der Waals surface area contributed by atoms with E-state index in [4.69, 9.17) is 32.7 Å². The van der Waals surface area contributed by atoms with Crippen molar-refractivity contribution < 1.29 is 14.3 Å². The van der Waals surface area contributed by atoms with Gasteiger partial charge in [-0.15, -0.1) is 0 Å². The summed E-state index contributed by atoms with van der Waals surface area (Å²) < 4.78 is 11.7. The Labute approximate surface area is 233 Å². The number of halogens is 2. The first kappa shape index (κ1) is 27.5. The molecule has 0 bridgehead atoms. The van der Waals surface area contributed by atoms with Crippen LogP contribution >= 0.6 is 23.2 Å². The van der Waals surface area contributed by atoms with Gasteiger partial charge in [0.25, 0.3) is 0 Å². The quantitative estimate of drug-likeness (QED) is 0.219. The van der Waals surface area contributed by atoms with E-state index in [9.17, 15) is 10.1 Å². The van der Waals surface area contributed by atoms with Crippen LogP contribution in [0.2, 0.25) is 10.0 Å². The summed E-state index contributed by atoms with van der Waals surface area (Å²) in [4.78, 5) is 14.3. The fourth-order valence-electron chi connectivity index (χ4n) is 4.90. The maximum atomic E-state index is 14.3. The number of hydrogen-bond acceptors (Lipinski definition) is 4. The Morgan fingerprint density at radius 3 is 2.11 bits per heavy atom. The molecule has 0 amide bonds. The van der Waals surface area contributed by atoms with Gasteiger partial charge in [0.1, 0.15) is 11.4 Å². The highest BCUT2D eigenvalue weighted by Gasteiger charge is 2.52. The molecule has 0 radical (unpaired) electrons. The zero-order valence-electron chi connectivity index (χ0n) is 21.8. The number of esters is 1. The predicted molar refractivity (Wildman–Crippen MR) is 153 cm³/mol. The maximum absolute atomic E-state index is 14.3. The maximum Gasteiger partial charge on any atom is 0.328 e. The van der Waals surface area contributed by atoms with Crippen molar-refractivity contribution in [2.75, 3.05) is 7.11 Å². The number of hydrogen-bond donors (Lipinski definition) is 0. The second kappa shape index (κ2) is 11.1. The van der Waals surface area contributed by atoms with Crippen molar-refractivity contribution in [3.05, 3.63) is 112 Å². The topological polar surface area (TPSA) is 59.3 Å². The molecular weight excluding hydrogens is 517 g/mol. The summed E-state index contributed by atoms with van der Waals surface area (Å²) >= 11 is 13.2. The molecule has 0 aliphatic rings. The van der Waals surface area contributed by atoms with Gasteiger partial charge in [-0.25, -0.2) is 0 Å². The lowest BCUT2D eigenvalue weighted by Gasteiger charge is -2.37. The number of ether oxygens (including phenoxy) is 2. The summed E-state index contributed by atoms with van der Waals surface area (Å²) in [6.45, 7) is 5.35. The number of carbonyl (C=O) groups is 1. The van der Waals surface area contributed by atoms with Gasteiger partial charge >= 0.3 is 5.97 Å². The van der Waals surface area contributed by atoms with Crippen LogP contribution in [0.15, 0.2) is 84.9 Å². The van der Waals surface area contributed by atoms with E-state index >= 15 is 0 Å². The van der Waals surface area contributed by atoms with Gasteiger partial charge in [-0.05, 0) is 60.9 Å². The number of benzene rings is 4. The molecule has 4 aromatic carbocycles. The van der Waals surface area contributed by atoms with Crippen LogP contribution < -0.4 is 4.74 Å². The van der Waals surface area contributed by atoms with Gasteiger partial charge in [-0.2, -0.15) is 5.26 Å². The Morgan fingerprint density at radius 2 is 1.45 bits per heavy atom. The summed E-state index contributed by atoms with van der Waals surface area (Å²) in [6, 6.07) is 28.8. The van der Waals surface area contributed by atoms with E-state index in [1.807, 2.05) is 66.7 Å². The molecule has 0 saturated carbocycles. The monoisotopic (exact) mass is 545 g/mol. The average Bonchev–Trinajstić information content (AvgIpc) is 2.89. The number of rotatable bonds is 7. The van der Waals surface area contributed by atoms with Crippen LogP contribution in [0.5, 0.6) is 5.75 Å². The standard InChI is InChI=1S/C32H29Cl2NO3/c1-31(2,3)38-30(36)32(20-35,19-25-26(33)16-10-17-27(25)34)29(24-14-7-8-18-28(24)37-4)23-15-9-12-21-11-5-6-13-22(21)23/h5-18,29H,19H2,1-4H3. The molecule has 4 aromatic rings. The minimum Gasteiger partial charge on any atom is -0.496 e. The van der Waals surface area contributed by atoms with Crippen molar-refractivity contribution in [3.63, 3.8) is 0 Å². The minimum atomic E-state index is -1.75. The smallest absolute Gasteiger partial charge is 0.328 e. The summed E-state index contributed by atoms with van der Waals surface area (Å²) in [5, 5.41) is 13.7. The van der Waals surface area contributed by atoms with Crippen molar-refractivity contribution in [1.82, 2.24) is 0 Å². The van der Waals surface area contributed by atoms with E-state index in [2.05, 4.69) is 6.07 Å². The molecule has 0 spiro atoms. The van der Waals surface area contributed by atoms with Crippen molar-refractivity contribution in [3.8, 4) is 11.8 Å². The van der Waals surface area contributed by atoms with Crippen LogP contribution in [0.25, 0.3) is 10.8 Å². The zero-order valence-corrected chi connectivity index (χ0v) is 23.3. The molecular formula is C32H29Cl2NO3. The van der Waals surface area contributed by atoms with Crippen molar-refractivity contribution >= 4 is 39.9 Å². The fourth-order valence-corrected chi connectivity index (χ4v) is 5.43. The third-order valence-corrected chi connectivity index (χ3v) is 7.27. The van der Waals surface area contributed by atoms with Crippen molar-refractivity contribution in [2.24, 2.45) is 5.41 Å². The SMILES string of the molecule is COc1ccccc1C(c1cccc2ccccc12)C(C#N)(Cc1c(Cl)cccc1Cl)C(=O)OC(C)(C)C. The molecule has 2 atom stereocenters. The second-order valence-electron chi connectivity index (χ2n) is 10.2. The van der Waals surface area contributed by atoms with E-state index in [1.165, 1.54) is 0 Å². The third kappa shape index (κ3) is 5.36. The van der Waals surface area contributed by atoms with Gasteiger partial charge in [-0.3, -0.25) is 4.79 Å². The zero-order chi connectivity index (χ0) is 27.5. The van der Waals surface area contributed by atoms with Crippen LogP contribution in [0, 0.1) is 16.7 Å². The molecule has 4 rings (SSSR count). The van der Waals surface area contributed by atoms with Crippen molar-refractivity contribution in [1.29, 1.82) is 5.26 Å². The third-order valence-electron chi connectivity index (χ3n) is 6.56. The fraction of sp³-hybridized carbons (Fsp3) is 0.250. The van der Waals surface area contributed by atoms with Crippen LogP contribution in [-0.2, 0) is 16.0 Å². The summed E-state index contributed by atoms with van der Waals surface area (Å²) in [6.07, 6.45) is -0.0666. The van der Waals surface area contributed by atoms with Crippen LogP contribution in [0.3, 0.4) is 0 Å². The number of carbonyl (C=O) groups excluding carboxylic acids is 1. The second-order valence-corrected chi connectivity index (χ2v) is 11.0. The number of nitrogens with zero attached hydrogens (tertiary/aromatic N) is 1. The molecule has 0 aliphatic carbocycles. The lowest BCUT2D eigenvalue weighted by molar-refractivity contribution is -0.165. The molecule has 194 valence electrons. The van der Waals surface area contributed by atoms with Crippen LogP contribution in [0.4, 0.5) is 0 Å². The highest BCUT2D eigenvalue weighted by molar-refractivity contribution is 6.36. The lowest BCUT2D eigenvalue weighted by Crippen LogP contribution is -2.43. The molecule has 0 fully saturated rings. The van der Waals surface area contributed by atoms with E-state index in [1.54, 1.807) is 46.1 Å². The lowest BCUT2D eigenvalue weighted by atomic mass is 9.65. The minimum absolute atomic E-state index is 0.0666. The molecule has 38 heavy (non-hydrogen) atoms. The molecule has 0 heterocycles. The molecule has 0 aliphatic heterocycles. The highest BCUT2D eigenvalue weighted by Crippen LogP contribution is 2.50. The van der Waals surface area contributed by atoms with Gasteiger partial charge < -0.3 is 9.47 Å². The van der Waals surface area contributed by atoms with E-state index < -0.39 is 22.9 Å². The van der Waals surface area contributed by atoms with Gasteiger partial charge in [0, 0.05) is 27.9 Å². The Balaban J connectivity index is 2.12. The summed E-state index contributed by atoms with van der Waals surface area (Å²) in [5.41, 5.74) is -0.609. The first-order valence-corrected chi connectivity index (χ1v) is 13.0. The molecule has 0 aromatic heterocycles. The number of methoxy groups -OCH3 is 1. The Morgan fingerprint density at radius 1 is 0.868 bits per heavy atom. The van der Waals surface area contributed by atoms with Gasteiger partial charge in [0.15, 0.2) is 5.41 Å². The largest absolute Gasteiger partial charge is 0.496 e. The summed E-state index contributed by atoms with van der Waals surface area (Å²) in [5.74, 6) is -0.886. The highest BCUT2D eigenvalue weighted by atomic mass is 35.5. The first-order chi connectivity index (χ1) is 18.1. The van der Waals surface area contributed by atoms with E-state index in [0.29, 0.717) is 26.9 Å². The Kier molecular flexibility index (Phi) is 8.02. The van der Waals surface area contributed by atoms with Crippen LogP contribution in [-0.4, -0.2) is 18.7 Å². The summed E-state index contributed by atoms with van der Waals surface area (Å²) in [7, 11) is 1.57. The van der Waals surface area contributed by atoms with Gasteiger partial charge in [0.05, 0.1) is 13.2 Å². The first-order valence-electron chi connectivity index (χ1n) is 12.3. The Bertz CT molecular complexity index is 1490. The molecule has 6 heteroatoms. The predicted octanol–water partition coefficient (Wildman–Crippen LogP) is 8.38. The van der Waals surface area contributed by atoms with Crippen molar-refractivity contribution in [2.45, 2.75) is 38.7 Å².